The lowest BCUT2D eigenvalue weighted by Crippen LogP contribution is -2.43. The van der Waals surface area contributed by atoms with E-state index in [0.717, 1.165) is 88.2 Å². The second kappa shape index (κ2) is 6.77. The first-order valence-electron chi connectivity index (χ1n) is 10.5. The number of nitrogens with zero attached hydrogens (tertiary/aromatic N) is 6. The number of ether oxygens (including phenoxy) is 2. The van der Waals surface area contributed by atoms with Gasteiger partial charge in [0.1, 0.15) is 11.6 Å². The first-order chi connectivity index (χ1) is 14.3. The van der Waals surface area contributed by atoms with E-state index in [9.17, 15) is 0 Å². The van der Waals surface area contributed by atoms with Crippen LogP contribution in [0.1, 0.15) is 30.0 Å². The molecule has 0 spiro atoms. The van der Waals surface area contributed by atoms with E-state index < -0.39 is 0 Å². The minimum absolute atomic E-state index is 0.318. The topological polar surface area (TPSA) is 103 Å². The highest BCUT2D eigenvalue weighted by atomic mass is 16.5. The molecule has 0 amide bonds. The van der Waals surface area contributed by atoms with Gasteiger partial charge in [0.2, 0.25) is 5.95 Å². The van der Waals surface area contributed by atoms with Crippen LogP contribution < -0.4 is 15.5 Å². The second-order valence-corrected chi connectivity index (χ2v) is 8.20. The fourth-order valence-corrected chi connectivity index (χ4v) is 4.63. The van der Waals surface area contributed by atoms with Crippen molar-refractivity contribution >= 4 is 17.6 Å². The Morgan fingerprint density at radius 2 is 1.76 bits per heavy atom. The molecule has 1 aliphatic carbocycles. The van der Waals surface area contributed by atoms with Crippen LogP contribution in [0.5, 0.6) is 0 Å². The quantitative estimate of drug-likeness (QED) is 0.815. The van der Waals surface area contributed by atoms with E-state index in [-0.39, 0.29) is 0 Å². The predicted molar refractivity (Wildman–Crippen MR) is 108 cm³/mol. The molecule has 1 saturated carbocycles. The van der Waals surface area contributed by atoms with Crippen LogP contribution in [0.15, 0.2) is 6.20 Å². The molecule has 2 N–H and O–H groups in total. The maximum Gasteiger partial charge on any atom is 0.220 e. The summed E-state index contributed by atoms with van der Waals surface area (Å²) in [6.45, 7) is 5.48. The molecule has 2 saturated heterocycles. The maximum atomic E-state index is 5.89. The third kappa shape index (κ3) is 3.00. The third-order valence-electron chi connectivity index (χ3n) is 6.26. The maximum absolute atomic E-state index is 5.89. The molecule has 9 nitrogen and oxygen atoms in total. The van der Waals surface area contributed by atoms with Crippen molar-refractivity contribution in [3.8, 4) is 11.4 Å². The summed E-state index contributed by atoms with van der Waals surface area (Å²) >= 11 is 0. The van der Waals surface area contributed by atoms with Gasteiger partial charge in [0, 0.05) is 43.7 Å². The predicted octanol–water partition coefficient (Wildman–Crippen LogP) is 0.991. The number of morpholine rings is 2. The molecule has 3 fully saturated rings. The second-order valence-electron chi connectivity index (χ2n) is 8.20. The number of anilines is 3. The first kappa shape index (κ1) is 17.3. The van der Waals surface area contributed by atoms with E-state index in [1.807, 2.05) is 0 Å². The number of nitrogens with two attached hydrogens (primary N) is 1. The molecule has 5 heterocycles. The van der Waals surface area contributed by atoms with Gasteiger partial charge in [0.15, 0.2) is 5.82 Å². The third-order valence-corrected chi connectivity index (χ3v) is 6.26. The van der Waals surface area contributed by atoms with Crippen LogP contribution in [0.25, 0.3) is 11.4 Å². The number of hydrogen-bond donors (Lipinski definition) is 1. The zero-order valence-electron chi connectivity index (χ0n) is 16.4. The average Bonchev–Trinajstić information content (AvgIpc) is 3.54. The molecule has 0 aromatic carbocycles. The summed E-state index contributed by atoms with van der Waals surface area (Å²) in [6.07, 6.45) is 5.00. The fourth-order valence-electron chi connectivity index (χ4n) is 4.63. The van der Waals surface area contributed by atoms with Crippen molar-refractivity contribution in [2.24, 2.45) is 0 Å². The molecule has 9 heteroatoms. The molecule has 29 heavy (non-hydrogen) atoms. The van der Waals surface area contributed by atoms with Gasteiger partial charge >= 0.3 is 0 Å². The summed E-state index contributed by atoms with van der Waals surface area (Å²) in [6, 6.07) is 0.341. The highest BCUT2D eigenvalue weighted by Crippen LogP contribution is 2.44. The summed E-state index contributed by atoms with van der Waals surface area (Å²) in [5, 5.41) is 0. The molecule has 152 valence electrons. The van der Waals surface area contributed by atoms with Crippen molar-refractivity contribution in [3.63, 3.8) is 0 Å². The van der Waals surface area contributed by atoms with Gasteiger partial charge in [0.25, 0.3) is 0 Å². The van der Waals surface area contributed by atoms with Crippen LogP contribution in [-0.4, -0.2) is 72.0 Å². The van der Waals surface area contributed by atoms with Gasteiger partial charge in [-0.3, -0.25) is 0 Å². The summed E-state index contributed by atoms with van der Waals surface area (Å²) in [5.74, 6) is 3.54. The Hall–Kier alpha value is -2.52. The number of hydrogen-bond acceptors (Lipinski definition) is 9. The first-order valence-corrected chi connectivity index (χ1v) is 10.5. The van der Waals surface area contributed by atoms with Crippen LogP contribution in [0.2, 0.25) is 0 Å². The Labute approximate surface area is 169 Å². The number of aromatic nitrogens is 4. The number of fused-ring (bicyclic) bond motifs is 3. The standard InChI is InChI=1S/C20H25N7O2/c21-20-22-10-15(16(23-20)12-1-2-12)17-24-18(26-3-6-28-7-4-26)14-9-13-11-29-8-5-27(13)19(14)25-17/h10,12-13H,1-9,11H2,(H2,21,22,23)/t13-/m0/s1. The Bertz CT molecular complexity index is 943. The van der Waals surface area contributed by atoms with Crippen molar-refractivity contribution in [1.82, 2.24) is 19.9 Å². The summed E-state index contributed by atoms with van der Waals surface area (Å²) in [4.78, 5) is 23.7. The molecule has 3 aliphatic heterocycles. The van der Waals surface area contributed by atoms with E-state index in [0.29, 0.717) is 23.7 Å². The Morgan fingerprint density at radius 1 is 0.966 bits per heavy atom. The van der Waals surface area contributed by atoms with Gasteiger partial charge in [0.05, 0.1) is 43.7 Å². The fraction of sp³-hybridized carbons (Fsp3) is 0.600. The van der Waals surface area contributed by atoms with E-state index in [1.165, 1.54) is 5.56 Å². The van der Waals surface area contributed by atoms with E-state index >= 15 is 0 Å². The molecule has 0 unspecified atom stereocenters. The van der Waals surface area contributed by atoms with Gasteiger partial charge in [-0.15, -0.1) is 0 Å². The lowest BCUT2D eigenvalue weighted by molar-refractivity contribution is 0.0973. The molecule has 2 aromatic heterocycles. The van der Waals surface area contributed by atoms with Gasteiger partial charge < -0.3 is 25.0 Å². The number of nitrogen functional groups attached to an aromatic ring is 1. The largest absolute Gasteiger partial charge is 0.378 e. The molecule has 0 radical (unpaired) electrons. The monoisotopic (exact) mass is 395 g/mol. The smallest absolute Gasteiger partial charge is 0.220 e. The van der Waals surface area contributed by atoms with Gasteiger partial charge in [-0.05, 0) is 12.8 Å². The molecule has 4 aliphatic rings. The van der Waals surface area contributed by atoms with Crippen LogP contribution in [0.3, 0.4) is 0 Å². The zero-order valence-corrected chi connectivity index (χ0v) is 16.4. The van der Waals surface area contributed by atoms with Crippen molar-refractivity contribution in [1.29, 1.82) is 0 Å². The van der Waals surface area contributed by atoms with E-state index in [1.54, 1.807) is 6.20 Å². The zero-order chi connectivity index (χ0) is 19.4. The summed E-state index contributed by atoms with van der Waals surface area (Å²) in [7, 11) is 0. The van der Waals surface area contributed by atoms with Crippen LogP contribution in [-0.2, 0) is 15.9 Å². The molecule has 6 rings (SSSR count). The average molecular weight is 395 g/mol. The highest BCUT2D eigenvalue weighted by Gasteiger charge is 2.38. The van der Waals surface area contributed by atoms with Crippen molar-refractivity contribution < 1.29 is 9.47 Å². The lowest BCUT2D eigenvalue weighted by atomic mass is 10.1. The molecule has 0 bridgehead atoms. The Balaban J connectivity index is 1.50. The lowest BCUT2D eigenvalue weighted by Gasteiger charge is -2.31. The van der Waals surface area contributed by atoms with Gasteiger partial charge in [-0.2, -0.15) is 0 Å². The number of rotatable bonds is 3. The van der Waals surface area contributed by atoms with Gasteiger partial charge in [-0.1, -0.05) is 0 Å². The van der Waals surface area contributed by atoms with Crippen molar-refractivity contribution in [3.05, 3.63) is 17.5 Å². The van der Waals surface area contributed by atoms with Crippen molar-refractivity contribution in [2.75, 3.05) is 61.6 Å². The normalized spacial score (nSPS) is 23.8. The molecular formula is C20H25N7O2. The van der Waals surface area contributed by atoms with Crippen molar-refractivity contribution in [2.45, 2.75) is 31.2 Å². The molecule has 2 aromatic rings. The van der Waals surface area contributed by atoms with E-state index in [2.05, 4.69) is 19.8 Å². The minimum atomic E-state index is 0.318. The Morgan fingerprint density at radius 3 is 2.59 bits per heavy atom. The van der Waals surface area contributed by atoms with Crippen LogP contribution in [0.4, 0.5) is 17.6 Å². The minimum Gasteiger partial charge on any atom is -0.378 e. The Kier molecular flexibility index (Phi) is 4.05. The summed E-state index contributed by atoms with van der Waals surface area (Å²) in [5.41, 5.74) is 9.02. The van der Waals surface area contributed by atoms with Crippen LogP contribution in [0, 0.1) is 0 Å². The van der Waals surface area contributed by atoms with Crippen LogP contribution >= 0.6 is 0 Å². The van der Waals surface area contributed by atoms with Gasteiger partial charge in [-0.25, -0.2) is 19.9 Å². The highest BCUT2D eigenvalue weighted by molar-refractivity contribution is 5.71. The summed E-state index contributed by atoms with van der Waals surface area (Å²) < 4.78 is 11.3. The molecular weight excluding hydrogens is 370 g/mol. The van der Waals surface area contributed by atoms with E-state index in [4.69, 9.17) is 25.2 Å². The SMILES string of the molecule is Nc1ncc(-c2nc(N3CCOCC3)c3c(n2)N2CCOC[C@@H]2C3)c(C2CC2)n1. The molecule has 1 atom stereocenters.